The van der Waals surface area contributed by atoms with Crippen molar-refractivity contribution in [3.8, 4) is 0 Å². The largest absolute Gasteiger partial charge is 0.379 e. The second-order valence-electron chi connectivity index (χ2n) is 10.2. The summed E-state index contributed by atoms with van der Waals surface area (Å²) < 4.78 is 20.9. The summed E-state index contributed by atoms with van der Waals surface area (Å²) in [6.07, 6.45) is 17.4. The van der Waals surface area contributed by atoms with Gasteiger partial charge in [-0.2, -0.15) is 0 Å². The summed E-state index contributed by atoms with van der Waals surface area (Å²) >= 11 is 0. The van der Waals surface area contributed by atoms with E-state index >= 15 is 4.39 Å². The first-order valence-electron chi connectivity index (χ1n) is 12.7. The van der Waals surface area contributed by atoms with Crippen molar-refractivity contribution in [1.82, 2.24) is 0 Å². The monoisotopic (exact) mass is 412 g/mol. The second-order valence-corrected chi connectivity index (χ2v) is 10.2. The normalized spacial score (nSPS) is 35.1. The lowest BCUT2D eigenvalue weighted by Gasteiger charge is -2.37. The summed E-state index contributed by atoms with van der Waals surface area (Å²) in [5.74, 6) is 3.50. The molecule has 0 atom stereocenters. The highest BCUT2D eigenvalue weighted by molar-refractivity contribution is 5.30. The fourth-order valence-corrected chi connectivity index (χ4v) is 6.68. The minimum Gasteiger partial charge on any atom is -0.379 e. The lowest BCUT2D eigenvalue weighted by atomic mass is 9.68. The van der Waals surface area contributed by atoms with Gasteiger partial charge < -0.3 is 4.74 Å². The molecule has 3 aliphatic rings. The SMILES string of the molecule is C=CC1CCC(C2CCC(c3ccc(C4CCC(OCC)CC4)cc3F)CC2)CC1. The molecule has 1 aromatic rings. The Morgan fingerprint density at radius 3 is 2.03 bits per heavy atom. The molecule has 3 saturated carbocycles. The van der Waals surface area contributed by atoms with Gasteiger partial charge in [-0.05, 0) is 131 Å². The number of rotatable bonds is 6. The molecule has 0 heterocycles. The molecule has 1 aromatic carbocycles. The highest BCUT2D eigenvalue weighted by atomic mass is 19.1. The molecule has 2 heteroatoms. The first-order valence-corrected chi connectivity index (χ1v) is 12.7. The van der Waals surface area contributed by atoms with Crippen molar-refractivity contribution in [2.24, 2.45) is 17.8 Å². The van der Waals surface area contributed by atoms with Crippen LogP contribution in [0, 0.1) is 23.6 Å². The van der Waals surface area contributed by atoms with E-state index in [-0.39, 0.29) is 5.82 Å². The Kier molecular flexibility index (Phi) is 7.68. The van der Waals surface area contributed by atoms with Crippen molar-refractivity contribution < 1.29 is 9.13 Å². The first kappa shape index (κ1) is 22.1. The molecule has 3 fully saturated rings. The van der Waals surface area contributed by atoms with Crippen LogP contribution in [0.25, 0.3) is 0 Å². The van der Waals surface area contributed by atoms with Crippen molar-refractivity contribution in [3.63, 3.8) is 0 Å². The van der Waals surface area contributed by atoms with E-state index in [4.69, 9.17) is 4.74 Å². The lowest BCUT2D eigenvalue weighted by Crippen LogP contribution is -2.25. The van der Waals surface area contributed by atoms with Gasteiger partial charge in [0, 0.05) is 6.61 Å². The van der Waals surface area contributed by atoms with E-state index in [1.807, 2.05) is 6.07 Å². The number of halogens is 1. The van der Waals surface area contributed by atoms with E-state index in [0.717, 1.165) is 55.6 Å². The maximum absolute atomic E-state index is 15.1. The molecule has 0 radical (unpaired) electrons. The maximum atomic E-state index is 15.1. The molecule has 0 aliphatic heterocycles. The third-order valence-corrected chi connectivity index (χ3v) is 8.60. The third kappa shape index (κ3) is 5.18. The Bertz CT molecular complexity index is 674. The number of ether oxygens (including phenoxy) is 1. The van der Waals surface area contributed by atoms with Gasteiger partial charge in [0.25, 0.3) is 0 Å². The summed E-state index contributed by atoms with van der Waals surface area (Å²) in [5, 5.41) is 0. The Morgan fingerprint density at radius 1 is 0.867 bits per heavy atom. The summed E-state index contributed by atoms with van der Waals surface area (Å²) in [5.41, 5.74) is 2.19. The molecular weight excluding hydrogens is 371 g/mol. The van der Waals surface area contributed by atoms with E-state index < -0.39 is 0 Å². The van der Waals surface area contributed by atoms with Crippen LogP contribution in [0.3, 0.4) is 0 Å². The molecule has 0 saturated heterocycles. The standard InChI is InChI=1S/C28H41FO/c1-3-20-5-7-21(8-6-20)22-9-11-24(12-10-22)27-18-15-25(19-28(27)29)23-13-16-26(17-14-23)30-4-2/h3,15,18-24,26H,1,4-14,16-17H2,2H3. The van der Waals surface area contributed by atoms with Crippen LogP contribution in [0.15, 0.2) is 30.9 Å². The van der Waals surface area contributed by atoms with Crippen LogP contribution in [0.1, 0.15) is 107 Å². The predicted octanol–water partition coefficient (Wildman–Crippen LogP) is 8.15. The van der Waals surface area contributed by atoms with Crippen molar-refractivity contribution in [1.29, 1.82) is 0 Å². The van der Waals surface area contributed by atoms with Gasteiger partial charge in [-0.3, -0.25) is 0 Å². The van der Waals surface area contributed by atoms with E-state index in [9.17, 15) is 0 Å². The van der Waals surface area contributed by atoms with Crippen LogP contribution in [-0.2, 0) is 4.74 Å². The number of hydrogen-bond acceptors (Lipinski definition) is 1. The Balaban J connectivity index is 1.30. The van der Waals surface area contributed by atoms with Gasteiger partial charge in [-0.15, -0.1) is 6.58 Å². The molecule has 0 spiro atoms. The highest BCUT2D eigenvalue weighted by Gasteiger charge is 2.32. The van der Waals surface area contributed by atoms with Crippen LogP contribution in [0.4, 0.5) is 4.39 Å². The minimum atomic E-state index is 0.0503. The van der Waals surface area contributed by atoms with Gasteiger partial charge in [-0.25, -0.2) is 4.39 Å². The van der Waals surface area contributed by atoms with Crippen molar-refractivity contribution in [2.75, 3.05) is 6.61 Å². The van der Waals surface area contributed by atoms with Gasteiger partial charge >= 0.3 is 0 Å². The van der Waals surface area contributed by atoms with Crippen LogP contribution < -0.4 is 0 Å². The van der Waals surface area contributed by atoms with Gasteiger partial charge in [0.2, 0.25) is 0 Å². The van der Waals surface area contributed by atoms with Gasteiger partial charge in [-0.1, -0.05) is 18.2 Å². The van der Waals surface area contributed by atoms with Crippen molar-refractivity contribution >= 4 is 0 Å². The molecule has 0 amide bonds. The topological polar surface area (TPSA) is 9.23 Å². The molecule has 30 heavy (non-hydrogen) atoms. The van der Waals surface area contributed by atoms with Crippen LogP contribution in [0.5, 0.6) is 0 Å². The molecule has 1 nitrogen and oxygen atoms in total. The molecule has 166 valence electrons. The van der Waals surface area contributed by atoms with Crippen LogP contribution >= 0.6 is 0 Å². The van der Waals surface area contributed by atoms with Crippen LogP contribution in [-0.4, -0.2) is 12.7 Å². The van der Waals surface area contributed by atoms with Gasteiger partial charge in [0.15, 0.2) is 0 Å². The summed E-state index contributed by atoms with van der Waals surface area (Å²) in [6, 6.07) is 6.22. The molecule has 0 unspecified atom stereocenters. The quantitative estimate of drug-likeness (QED) is 0.428. The number of benzene rings is 1. The Labute approximate surface area is 183 Å². The van der Waals surface area contributed by atoms with E-state index in [0.29, 0.717) is 17.9 Å². The average Bonchev–Trinajstić information content (AvgIpc) is 2.80. The van der Waals surface area contributed by atoms with Gasteiger partial charge in [0.05, 0.1) is 6.10 Å². The maximum Gasteiger partial charge on any atom is 0.126 e. The van der Waals surface area contributed by atoms with Crippen molar-refractivity contribution in [2.45, 2.75) is 102 Å². The minimum absolute atomic E-state index is 0.0503. The molecule has 0 N–H and O–H groups in total. The first-order chi connectivity index (χ1) is 14.7. The second kappa shape index (κ2) is 10.4. The van der Waals surface area contributed by atoms with E-state index in [1.165, 1.54) is 56.9 Å². The lowest BCUT2D eigenvalue weighted by molar-refractivity contribution is 0.0328. The fourth-order valence-electron chi connectivity index (χ4n) is 6.68. The van der Waals surface area contributed by atoms with Crippen molar-refractivity contribution in [3.05, 3.63) is 47.8 Å². The number of allylic oxidation sites excluding steroid dienone is 1. The molecule has 3 aliphatic carbocycles. The zero-order valence-electron chi connectivity index (χ0n) is 19.0. The summed E-state index contributed by atoms with van der Waals surface area (Å²) in [4.78, 5) is 0. The third-order valence-electron chi connectivity index (χ3n) is 8.60. The van der Waals surface area contributed by atoms with E-state index in [1.54, 1.807) is 0 Å². The zero-order valence-corrected chi connectivity index (χ0v) is 19.0. The zero-order chi connectivity index (χ0) is 20.9. The smallest absolute Gasteiger partial charge is 0.126 e. The highest BCUT2D eigenvalue weighted by Crippen LogP contribution is 2.45. The van der Waals surface area contributed by atoms with Gasteiger partial charge in [0.1, 0.15) is 5.82 Å². The molecular formula is C28H41FO. The predicted molar refractivity (Wildman–Crippen MR) is 123 cm³/mol. The summed E-state index contributed by atoms with van der Waals surface area (Å²) in [7, 11) is 0. The number of hydrogen-bond donors (Lipinski definition) is 0. The summed E-state index contributed by atoms with van der Waals surface area (Å²) in [6.45, 7) is 6.85. The molecule has 4 rings (SSSR count). The fraction of sp³-hybridized carbons (Fsp3) is 0.714. The molecule has 0 aromatic heterocycles. The Morgan fingerprint density at radius 2 is 1.47 bits per heavy atom. The molecule has 0 bridgehead atoms. The Hall–Kier alpha value is -1.15. The average molecular weight is 413 g/mol. The van der Waals surface area contributed by atoms with Crippen LogP contribution in [0.2, 0.25) is 0 Å². The van der Waals surface area contributed by atoms with E-state index in [2.05, 4.69) is 31.7 Å².